The molecule has 0 amide bonds. The summed E-state index contributed by atoms with van der Waals surface area (Å²) in [6.07, 6.45) is 0.823. The van der Waals surface area contributed by atoms with Gasteiger partial charge in [-0.15, -0.1) is 0 Å². The van der Waals surface area contributed by atoms with Crippen LogP contribution in [0.3, 0.4) is 0 Å². The van der Waals surface area contributed by atoms with Gasteiger partial charge in [0.2, 0.25) is 0 Å². The zero-order chi connectivity index (χ0) is 16.7. The molecule has 0 aromatic heterocycles. The summed E-state index contributed by atoms with van der Waals surface area (Å²) >= 11 is 0. The third-order valence-corrected chi connectivity index (χ3v) is 3.79. The SMILES string of the molecule is COc1cc(CC(C)NCc2ccccc2)c(OC)c(OC)c1. The van der Waals surface area contributed by atoms with Crippen molar-refractivity contribution >= 4 is 0 Å². The molecule has 4 nitrogen and oxygen atoms in total. The van der Waals surface area contributed by atoms with E-state index in [-0.39, 0.29) is 0 Å². The summed E-state index contributed by atoms with van der Waals surface area (Å²) < 4.78 is 16.3. The first-order valence-corrected chi connectivity index (χ1v) is 7.74. The van der Waals surface area contributed by atoms with E-state index in [0.29, 0.717) is 11.8 Å². The lowest BCUT2D eigenvalue weighted by Gasteiger charge is -2.18. The molecular formula is C19H25NO3. The zero-order valence-electron chi connectivity index (χ0n) is 14.3. The van der Waals surface area contributed by atoms with Crippen molar-refractivity contribution in [3.63, 3.8) is 0 Å². The summed E-state index contributed by atoms with van der Waals surface area (Å²) in [4.78, 5) is 0. The molecule has 1 unspecified atom stereocenters. The van der Waals surface area contributed by atoms with Gasteiger partial charge in [0, 0.05) is 24.2 Å². The van der Waals surface area contributed by atoms with Gasteiger partial charge in [0.05, 0.1) is 21.3 Å². The van der Waals surface area contributed by atoms with Crippen LogP contribution in [-0.2, 0) is 13.0 Å². The van der Waals surface area contributed by atoms with Gasteiger partial charge in [-0.2, -0.15) is 0 Å². The Kier molecular flexibility index (Phi) is 6.29. The standard InChI is InChI=1S/C19H25NO3/c1-14(20-13-15-8-6-5-7-9-15)10-16-11-17(21-2)12-18(22-3)19(16)23-4/h5-9,11-12,14,20H,10,13H2,1-4H3. The van der Waals surface area contributed by atoms with Crippen molar-refractivity contribution in [2.75, 3.05) is 21.3 Å². The maximum Gasteiger partial charge on any atom is 0.164 e. The molecule has 0 aliphatic rings. The molecule has 124 valence electrons. The first kappa shape index (κ1) is 17.2. The summed E-state index contributed by atoms with van der Waals surface area (Å²) in [6, 6.07) is 14.5. The van der Waals surface area contributed by atoms with Crippen LogP contribution < -0.4 is 19.5 Å². The lowest BCUT2D eigenvalue weighted by Crippen LogP contribution is -2.27. The van der Waals surface area contributed by atoms with Gasteiger partial charge < -0.3 is 19.5 Å². The van der Waals surface area contributed by atoms with E-state index in [0.717, 1.165) is 30.0 Å². The van der Waals surface area contributed by atoms with Crippen LogP contribution in [0.15, 0.2) is 42.5 Å². The van der Waals surface area contributed by atoms with Crippen LogP contribution >= 0.6 is 0 Å². The van der Waals surface area contributed by atoms with Gasteiger partial charge in [0.15, 0.2) is 11.5 Å². The molecule has 0 heterocycles. The number of rotatable bonds is 8. The van der Waals surface area contributed by atoms with Gasteiger partial charge in [0.25, 0.3) is 0 Å². The van der Waals surface area contributed by atoms with Crippen LogP contribution in [0.2, 0.25) is 0 Å². The van der Waals surface area contributed by atoms with Crippen LogP contribution in [0.1, 0.15) is 18.1 Å². The van der Waals surface area contributed by atoms with Gasteiger partial charge in [0.1, 0.15) is 5.75 Å². The molecular weight excluding hydrogens is 290 g/mol. The van der Waals surface area contributed by atoms with E-state index in [2.05, 4.69) is 36.5 Å². The molecule has 0 radical (unpaired) electrons. The lowest BCUT2D eigenvalue weighted by molar-refractivity contribution is 0.344. The van der Waals surface area contributed by atoms with Crippen molar-refractivity contribution in [1.29, 1.82) is 0 Å². The molecule has 0 spiro atoms. The van der Waals surface area contributed by atoms with Crippen molar-refractivity contribution < 1.29 is 14.2 Å². The van der Waals surface area contributed by atoms with Gasteiger partial charge in [-0.1, -0.05) is 30.3 Å². The minimum Gasteiger partial charge on any atom is -0.497 e. The molecule has 4 heteroatoms. The van der Waals surface area contributed by atoms with Gasteiger partial charge >= 0.3 is 0 Å². The normalized spacial score (nSPS) is 11.8. The molecule has 0 saturated carbocycles. The Morgan fingerprint density at radius 3 is 2.30 bits per heavy atom. The highest BCUT2D eigenvalue weighted by molar-refractivity contribution is 5.52. The van der Waals surface area contributed by atoms with E-state index in [1.54, 1.807) is 21.3 Å². The topological polar surface area (TPSA) is 39.7 Å². The Hall–Kier alpha value is -2.20. The monoisotopic (exact) mass is 315 g/mol. The smallest absolute Gasteiger partial charge is 0.164 e. The predicted octanol–water partition coefficient (Wildman–Crippen LogP) is 3.43. The van der Waals surface area contributed by atoms with E-state index in [1.807, 2.05) is 18.2 Å². The molecule has 0 aliphatic carbocycles. The molecule has 2 aromatic carbocycles. The Balaban J connectivity index is 2.08. The fourth-order valence-corrected chi connectivity index (χ4v) is 2.57. The van der Waals surface area contributed by atoms with E-state index < -0.39 is 0 Å². The largest absolute Gasteiger partial charge is 0.497 e. The molecule has 1 atom stereocenters. The van der Waals surface area contributed by atoms with E-state index in [4.69, 9.17) is 14.2 Å². The lowest BCUT2D eigenvalue weighted by atomic mass is 10.0. The van der Waals surface area contributed by atoms with E-state index >= 15 is 0 Å². The van der Waals surface area contributed by atoms with Crippen LogP contribution in [-0.4, -0.2) is 27.4 Å². The Morgan fingerprint density at radius 1 is 0.957 bits per heavy atom. The van der Waals surface area contributed by atoms with Crippen molar-refractivity contribution in [3.05, 3.63) is 53.6 Å². The minimum atomic E-state index is 0.293. The molecule has 0 fully saturated rings. The summed E-state index contributed by atoms with van der Waals surface area (Å²) in [7, 11) is 4.95. The fraction of sp³-hybridized carbons (Fsp3) is 0.368. The minimum absolute atomic E-state index is 0.293. The average Bonchev–Trinajstić information content (AvgIpc) is 2.60. The Labute approximate surface area is 138 Å². The fourth-order valence-electron chi connectivity index (χ4n) is 2.57. The molecule has 0 saturated heterocycles. The molecule has 0 aliphatic heterocycles. The third-order valence-electron chi connectivity index (χ3n) is 3.79. The van der Waals surface area contributed by atoms with Gasteiger partial charge in [-0.05, 0) is 25.0 Å². The molecule has 23 heavy (non-hydrogen) atoms. The van der Waals surface area contributed by atoms with Gasteiger partial charge in [-0.3, -0.25) is 0 Å². The second-order valence-corrected chi connectivity index (χ2v) is 5.49. The highest BCUT2D eigenvalue weighted by Gasteiger charge is 2.15. The zero-order valence-corrected chi connectivity index (χ0v) is 14.3. The number of methoxy groups -OCH3 is 3. The van der Waals surface area contributed by atoms with Crippen molar-refractivity contribution in [1.82, 2.24) is 5.32 Å². The van der Waals surface area contributed by atoms with Crippen molar-refractivity contribution in [2.24, 2.45) is 0 Å². The molecule has 2 rings (SSSR count). The number of benzene rings is 2. The maximum absolute atomic E-state index is 5.52. The highest BCUT2D eigenvalue weighted by Crippen LogP contribution is 2.36. The highest BCUT2D eigenvalue weighted by atomic mass is 16.5. The predicted molar refractivity (Wildman–Crippen MR) is 92.5 cm³/mol. The quantitative estimate of drug-likeness (QED) is 0.810. The van der Waals surface area contributed by atoms with Crippen LogP contribution in [0.5, 0.6) is 17.2 Å². The van der Waals surface area contributed by atoms with Crippen molar-refractivity contribution in [2.45, 2.75) is 25.9 Å². The first-order chi connectivity index (χ1) is 11.2. The summed E-state index contributed by atoms with van der Waals surface area (Å²) in [5, 5.41) is 3.54. The van der Waals surface area contributed by atoms with E-state index in [1.165, 1.54) is 5.56 Å². The number of hydrogen-bond acceptors (Lipinski definition) is 4. The molecule has 2 aromatic rings. The second kappa shape index (κ2) is 8.44. The Bertz CT molecular complexity index is 614. The first-order valence-electron chi connectivity index (χ1n) is 7.74. The number of nitrogens with one attached hydrogen (secondary N) is 1. The van der Waals surface area contributed by atoms with Crippen LogP contribution in [0.25, 0.3) is 0 Å². The summed E-state index contributed by atoms with van der Waals surface area (Å²) in [5.41, 5.74) is 2.34. The van der Waals surface area contributed by atoms with Gasteiger partial charge in [-0.25, -0.2) is 0 Å². The third kappa shape index (κ3) is 4.63. The number of hydrogen-bond donors (Lipinski definition) is 1. The van der Waals surface area contributed by atoms with E-state index in [9.17, 15) is 0 Å². The van der Waals surface area contributed by atoms with Crippen LogP contribution in [0.4, 0.5) is 0 Å². The molecule has 1 N–H and O–H groups in total. The summed E-state index contributed by atoms with van der Waals surface area (Å²) in [6.45, 7) is 3.00. The second-order valence-electron chi connectivity index (χ2n) is 5.49. The Morgan fingerprint density at radius 2 is 1.70 bits per heavy atom. The van der Waals surface area contributed by atoms with Crippen LogP contribution in [0, 0.1) is 0 Å². The maximum atomic E-state index is 5.52. The number of ether oxygens (including phenoxy) is 3. The summed E-state index contributed by atoms with van der Waals surface area (Å²) in [5.74, 6) is 2.23. The van der Waals surface area contributed by atoms with Crippen molar-refractivity contribution in [3.8, 4) is 17.2 Å². The molecule has 0 bridgehead atoms. The average molecular weight is 315 g/mol.